The molecular formula is C13H23N3O5Pt. The molecule has 8 nitrogen and oxygen atoms in total. The van der Waals surface area contributed by atoms with Crippen LogP contribution in [0.4, 0.5) is 0 Å². The zero-order valence-corrected chi connectivity index (χ0v) is 14.7. The van der Waals surface area contributed by atoms with E-state index in [-0.39, 0.29) is 46.0 Å². The average Bonchev–Trinajstić information content (AvgIpc) is 2.38. The van der Waals surface area contributed by atoms with Crippen LogP contribution in [-0.2, 0) is 35.4 Å². The minimum Gasteiger partial charge on any atom is -0.676 e. The van der Waals surface area contributed by atoms with E-state index in [1.165, 1.54) is 19.8 Å². The van der Waals surface area contributed by atoms with Gasteiger partial charge in [-0.05, 0) is 6.42 Å². The minimum atomic E-state index is -1.23. The second kappa shape index (κ2) is 12.6. The molecule has 0 aromatic rings. The zero-order valence-electron chi connectivity index (χ0n) is 12.4. The first-order valence-corrected chi connectivity index (χ1v) is 6.88. The van der Waals surface area contributed by atoms with Crippen LogP contribution in [0.15, 0.2) is 0 Å². The molecule has 1 fully saturated rings. The van der Waals surface area contributed by atoms with Crippen molar-refractivity contribution in [2.75, 3.05) is 0 Å². The van der Waals surface area contributed by atoms with Crippen LogP contribution >= 0.6 is 0 Å². The van der Waals surface area contributed by atoms with Gasteiger partial charge in [-0.25, -0.2) is 4.79 Å². The predicted octanol–water partition coefficient (Wildman–Crippen LogP) is 1.84. The van der Waals surface area contributed by atoms with Gasteiger partial charge in [0.25, 0.3) is 0 Å². The number of nitrogens with one attached hydrogen (secondary N) is 3. The van der Waals surface area contributed by atoms with Crippen molar-refractivity contribution in [2.24, 2.45) is 0 Å². The van der Waals surface area contributed by atoms with Gasteiger partial charge in [0.15, 0.2) is 0 Å². The van der Waals surface area contributed by atoms with Crippen LogP contribution in [0.1, 0.15) is 45.4 Å². The summed E-state index contributed by atoms with van der Waals surface area (Å²) in [5.41, 5.74) is 14.6. The van der Waals surface area contributed by atoms with Crippen LogP contribution in [0.5, 0.6) is 0 Å². The molecule has 0 spiro atoms. The van der Waals surface area contributed by atoms with E-state index in [9.17, 15) is 14.4 Å². The molecule has 1 amide bonds. The molecule has 9 heteroatoms. The number of hydrogen-bond acceptors (Lipinski definition) is 3. The van der Waals surface area contributed by atoms with Crippen molar-refractivity contribution in [1.82, 2.24) is 5.32 Å². The average molecular weight is 496 g/mol. The fourth-order valence-electron chi connectivity index (χ4n) is 1.90. The Morgan fingerprint density at radius 1 is 1.14 bits per heavy atom. The van der Waals surface area contributed by atoms with E-state index < -0.39 is 23.9 Å². The molecule has 3 atom stereocenters. The summed E-state index contributed by atoms with van der Waals surface area (Å²) in [6, 6.07) is -1.28. The van der Waals surface area contributed by atoms with E-state index in [1.807, 2.05) is 0 Å². The van der Waals surface area contributed by atoms with E-state index in [2.05, 4.69) is 5.32 Å². The van der Waals surface area contributed by atoms with Crippen LogP contribution in [0.25, 0.3) is 11.5 Å². The fourth-order valence-corrected chi connectivity index (χ4v) is 1.90. The molecule has 0 saturated heterocycles. The number of amides is 1. The maximum Gasteiger partial charge on any atom is 2.00 e. The zero-order chi connectivity index (χ0) is 16.4. The standard InChI is InChI=1S/C7H11NO5.C6H12N2.Pt/c1-4(9)8-5(7(12)13)2-3-6(10)11;7-5-3-1-2-4-6(5)8;/h5H,2-3H2,1H3,(H,8,9)(H,10,11)(H,12,13);5-8H,1-4H2;/q;-2;+2. The number of carbonyl (C=O) groups excluding carboxylic acids is 1. The second-order valence-electron chi connectivity index (χ2n) is 5.02. The normalized spacial score (nSPS) is 21.4. The van der Waals surface area contributed by atoms with Gasteiger partial charge in [-0.2, -0.15) is 12.1 Å². The van der Waals surface area contributed by atoms with Gasteiger partial charge in [-0.1, -0.05) is 25.7 Å². The summed E-state index contributed by atoms with van der Waals surface area (Å²) in [6.07, 6.45) is 3.86. The summed E-state index contributed by atoms with van der Waals surface area (Å²) in [5, 5.41) is 18.9. The molecule has 0 aromatic heterocycles. The topological polar surface area (TPSA) is 151 Å². The van der Waals surface area contributed by atoms with E-state index in [4.69, 9.17) is 21.7 Å². The molecule has 0 bridgehead atoms. The van der Waals surface area contributed by atoms with Crippen LogP contribution in [0, 0.1) is 0 Å². The van der Waals surface area contributed by atoms with E-state index in [0.717, 1.165) is 12.8 Å². The summed E-state index contributed by atoms with van der Waals surface area (Å²) in [7, 11) is 0. The van der Waals surface area contributed by atoms with Gasteiger partial charge < -0.3 is 27.0 Å². The number of carbonyl (C=O) groups is 3. The first-order chi connectivity index (χ1) is 9.73. The van der Waals surface area contributed by atoms with Gasteiger partial charge in [-0.15, -0.1) is 0 Å². The molecule has 5 N–H and O–H groups in total. The van der Waals surface area contributed by atoms with E-state index in [1.54, 1.807) is 0 Å². The number of carboxylic acid groups (broad SMARTS) is 2. The molecule has 1 rings (SSSR count). The van der Waals surface area contributed by atoms with Crippen molar-refractivity contribution in [1.29, 1.82) is 0 Å². The predicted molar refractivity (Wildman–Crippen MR) is 76.8 cm³/mol. The molecule has 3 unspecified atom stereocenters. The van der Waals surface area contributed by atoms with Crippen LogP contribution < -0.4 is 5.32 Å². The second-order valence-corrected chi connectivity index (χ2v) is 5.02. The van der Waals surface area contributed by atoms with Crippen molar-refractivity contribution in [3.63, 3.8) is 0 Å². The van der Waals surface area contributed by atoms with Crippen molar-refractivity contribution < 1.29 is 45.7 Å². The van der Waals surface area contributed by atoms with Crippen molar-refractivity contribution >= 4 is 17.8 Å². The molecule has 130 valence electrons. The Morgan fingerprint density at radius 3 is 1.86 bits per heavy atom. The Balaban J connectivity index is 0. The number of aliphatic carboxylic acids is 2. The van der Waals surface area contributed by atoms with Gasteiger partial charge in [-0.3, -0.25) is 9.59 Å². The van der Waals surface area contributed by atoms with Crippen molar-refractivity contribution in [2.45, 2.75) is 63.6 Å². The molecule has 0 radical (unpaired) electrons. The molecule has 0 aliphatic heterocycles. The van der Waals surface area contributed by atoms with E-state index in [0.29, 0.717) is 0 Å². The Labute approximate surface area is 144 Å². The van der Waals surface area contributed by atoms with Gasteiger partial charge in [0, 0.05) is 13.3 Å². The molecule has 0 aromatic carbocycles. The monoisotopic (exact) mass is 496 g/mol. The first-order valence-electron chi connectivity index (χ1n) is 6.88. The Hall–Kier alpha value is -0.982. The van der Waals surface area contributed by atoms with Gasteiger partial charge in [0.05, 0.1) is 0 Å². The van der Waals surface area contributed by atoms with E-state index >= 15 is 0 Å². The minimum absolute atomic E-state index is 0. The maximum absolute atomic E-state index is 10.5. The van der Waals surface area contributed by atoms with Gasteiger partial charge in [0.2, 0.25) is 5.91 Å². The largest absolute Gasteiger partial charge is 2.00 e. The fraction of sp³-hybridized carbons (Fsp3) is 0.769. The van der Waals surface area contributed by atoms with Gasteiger partial charge >= 0.3 is 33.0 Å². The third-order valence-electron chi connectivity index (χ3n) is 3.09. The van der Waals surface area contributed by atoms with Crippen molar-refractivity contribution in [3.8, 4) is 0 Å². The Morgan fingerprint density at radius 2 is 1.59 bits per heavy atom. The van der Waals surface area contributed by atoms with Crippen molar-refractivity contribution in [3.05, 3.63) is 11.5 Å². The molecule has 1 saturated carbocycles. The van der Waals surface area contributed by atoms with Crippen LogP contribution in [0.2, 0.25) is 0 Å². The SMILES string of the molecule is CC(=O)NC(CCC(=O)O)C(=O)O.[NH-]C1CCCCC1[NH-].[Pt+2]. The summed E-state index contributed by atoms with van der Waals surface area (Å²) >= 11 is 0. The molecular weight excluding hydrogens is 473 g/mol. The quantitative estimate of drug-likeness (QED) is 0.531. The Bertz CT molecular complexity index is 358. The van der Waals surface area contributed by atoms with Crippen LogP contribution in [0.3, 0.4) is 0 Å². The molecule has 0 heterocycles. The third-order valence-corrected chi connectivity index (χ3v) is 3.09. The number of hydrogen-bond donors (Lipinski definition) is 3. The summed E-state index contributed by atoms with van der Waals surface area (Å²) < 4.78 is 0. The van der Waals surface area contributed by atoms with Crippen LogP contribution in [-0.4, -0.2) is 46.2 Å². The first kappa shape index (κ1) is 23.3. The van der Waals surface area contributed by atoms with Gasteiger partial charge in [0.1, 0.15) is 6.04 Å². The summed E-state index contributed by atoms with van der Waals surface area (Å²) in [4.78, 5) is 31.0. The molecule has 1 aliphatic carbocycles. The number of rotatable bonds is 5. The molecule has 22 heavy (non-hydrogen) atoms. The smallest absolute Gasteiger partial charge is 0.676 e. The molecule has 1 aliphatic rings. The summed E-state index contributed by atoms with van der Waals surface area (Å²) in [6.45, 7) is 1.18. The Kier molecular flexibility index (Phi) is 13.3. The number of carboxylic acids is 2. The summed E-state index contributed by atoms with van der Waals surface area (Å²) in [5.74, 6) is -2.80. The third kappa shape index (κ3) is 11.7. The maximum atomic E-state index is 10.5.